The highest BCUT2D eigenvalue weighted by atomic mass is 35.5. The van der Waals surface area contributed by atoms with Gasteiger partial charge in [-0.25, -0.2) is 0 Å². The van der Waals surface area contributed by atoms with Crippen LogP contribution in [0.1, 0.15) is 11.1 Å². The van der Waals surface area contributed by atoms with Gasteiger partial charge in [-0.15, -0.1) is 0 Å². The van der Waals surface area contributed by atoms with Crippen molar-refractivity contribution in [3.8, 4) is 0 Å². The van der Waals surface area contributed by atoms with E-state index in [9.17, 15) is 18.0 Å². The van der Waals surface area contributed by atoms with Crippen LogP contribution in [0.15, 0.2) is 42.7 Å². The zero-order chi connectivity index (χ0) is 15.5. The van der Waals surface area contributed by atoms with Gasteiger partial charge in [0.15, 0.2) is 0 Å². The number of halogens is 4. The van der Waals surface area contributed by atoms with E-state index in [1.165, 1.54) is 30.6 Å². The molecule has 21 heavy (non-hydrogen) atoms. The van der Waals surface area contributed by atoms with Crippen molar-refractivity contribution in [2.24, 2.45) is 0 Å². The summed E-state index contributed by atoms with van der Waals surface area (Å²) in [7, 11) is 0. The number of rotatable bonds is 3. The molecule has 0 saturated heterocycles. The van der Waals surface area contributed by atoms with Crippen LogP contribution in [-0.4, -0.2) is 10.9 Å². The van der Waals surface area contributed by atoms with Crippen LogP contribution >= 0.6 is 11.6 Å². The molecular weight excluding hydrogens is 305 g/mol. The van der Waals surface area contributed by atoms with E-state index in [0.29, 0.717) is 5.69 Å². The van der Waals surface area contributed by atoms with Gasteiger partial charge >= 0.3 is 6.18 Å². The summed E-state index contributed by atoms with van der Waals surface area (Å²) in [5.41, 5.74) is -0.147. The van der Waals surface area contributed by atoms with Crippen molar-refractivity contribution in [2.75, 3.05) is 5.32 Å². The summed E-state index contributed by atoms with van der Waals surface area (Å²) in [5, 5.41) is 2.78. The second-order valence-electron chi connectivity index (χ2n) is 4.28. The van der Waals surface area contributed by atoms with E-state index in [-0.39, 0.29) is 17.0 Å². The third-order valence-electron chi connectivity index (χ3n) is 2.67. The van der Waals surface area contributed by atoms with Crippen molar-refractivity contribution in [3.63, 3.8) is 0 Å². The lowest BCUT2D eigenvalue weighted by atomic mass is 10.1. The summed E-state index contributed by atoms with van der Waals surface area (Å²) in [6, 6.07) is 6.15. The maximum absolute atomic E-state index is 12.6. The minimum absolute atomic E-state index is 0.178. The second-order valence-corrected chi connectivity index (χ2v) is 4.69. The summed E-state index contributed by atoms with van der Waals surface area (Å²) in [5.74, 6) is -0.456. The lowest BCUT2D eigenvalue weighted by molar-refractivity contribution is -0.137. The average Bonchev–Trinajstić information content (AvgIpc) is 2.41. The number of anilines is 1. The molecule has 0 aliphatic rings. The Morgan fingerprint density at radius 1 is 1.29 bits per heavy atom. The predicted octanol–water partition coefficient (Wildman–Crippen LogP) is 3.94. The molecule has 0 radical (unpaired) electrons. The van der Waals surface area contributed by atoms with Gasteiger partial charge in [-0.3, -0.25) is 9.78 Å². The van der Waals surface area contributed by atoms with Crippen molar-refractivity contribution in [1.82, 2.24) is 4.98 Å². The number of hydrogen-bond donors (Lipinski definition) is 1. The van der Waals surface area contributed by atoms with Gasteiger partial charge in [0.25, 0.3) is 0 Å². The Bertz CT molecular complexity index is 659. The Morgan fingerprint density at radius 3 is 2.71 bits per heavy atom. The van der Waals surface area contributed by atoms with Gasteiger partial charge < -0.3 is 5.32 Å². The maximum Gasteiger partial charge on any atom is 0.416 e. The normalized spacial score (nSPS) is 11.2. The smallest absolute Gasteiger partial charge is 0.324 e. The zero-order valence-corrected chi connectivity index (χ0v) is 11.4. The number of alkyl halides is 3. The molecule has 1 aromatic heterocycles. The highest BCUT2D eigenvalue weighted by molar-refractivity contribution is 6.33. The molecule has 0 aliphatic heterocycles. The number of aromatic nitrogens is 1. The molecule has 0 fully saturated rings. The van der Waals surface area contributed by atoms with Crippen LogP contribution in [0.2, 0.25) is 5.02 Å². The third kappa shape index (κ3) is 4.19. The fourth-order valence-corrected chi connectivity index (χ4v) is 1.88. The van der Waals surface area contributed by atoms with E-state index in [1.807, 2.05) is 0 Å². The van der Waals surface area contributed by atoms with Gasteiger partial charge in [0.2, 0.25) is 5.91 Å². The van der Waals surface area contributed by atoms with Gasteiger partial charge in [-0.1, -0.05) is 29.8 Å². The van der Waals surface area contributed by atoms with Crippen LogP contribution in [0, 0.1) is 0 Å². The monoisotopic (exact) mass is 314 g/mol. The fourth-order valence-electron chi connectivity index (χ4n) is 1.71. The number of carbonyl (C=O) groups is 1. The molecule has 7 heteroatoms. The quantitative estimate of drug-likeness (QED) is 0.932. The van der Waals surface area contributed by atoms with E-state index < -0.39 is 17.6 Å². The highest BCUT2D eigenvalue weighted by Crippen LogP contribution is 2.29. The minimum Gasteiger partial charge on any atom is -0.324 e. The van der Waals surface area contributed by atoms with Gasteiger partial charge in [-0.05, 0) is 17.7 Å². The summed E-state index contributed by atoms with van der Waals surface area (Å²) in [6.07, 6.45) is -1.79. The number of amides is 1. The number of nitrogens with one attached hydrogen (secondary N) is 1. The van der Waals surface area contributed by atoms with Gasteiger partial charge in [0.1, 0.15) is 0 Å². The van der Waals surface area contributed by atoms with Crippen molar-refractivity contribution in [3.05, 3.63) is 58.9 Å². The Labute approximate surface area is 123 Å². The van der Waals surface area contributed by atoms with Crippen LogP contribution < -0.4 is 5.32 Å². The van der Waals surface area contributed by atoms with E-state index in [1.54, 1.807) is 0 Å². The van der Waals surface area contributed by atoms with Crippen LogP contribution in [0.25, 0.3) is 0 Å². The van der Waals surface area contributed by atoms with E-state index in [2.05, 4.69) is 10.3 Å². The highest BCUT2D eigenvalue weighted by Gasteiger charge is 2.30. The molecule has 3 nitrogen and oxygen atoms in total. The predicted molar refractivity (Wildman–Crippen MR) is 73.0 cm³/mol. The molecular formula is C14H10ClF3N2O. The first-order chi connectivity index (χ1) is 9.86. The third-order valence-corrected chi connectivity index (χ3v) is 2.97. The average molecular weight is 315 g/mol. The standard InChI is InChI=1S/C14H10ClF3N2O/c15-11-8-19-5-4-12(11)20-13(21)7-9-2-1-3-10(6-9)14(16,17)18/h1-6,8H,7H2,(H,19,20,21). The summed E-state index contributed by atoms with van der Waals surface area (Å²) >= 11 is 5.83. The number of pyridine rings is 1. The SMILES string of the molecule is O=C(Cc1cccc(C(F)(F)F)c1)Nc1ccncc1Cl. The number of carbonyl (C=O) groups excluding carboxylic acids is 1. The zero-order valence-electron chi connectivity index (χ0n) is 10.6. The molecule has 1 aromatic carbocycles. The Kier molecular flexibility index (Phi) is 4.47. The number of hydrogen-bond acceptors (Lipinski definition) is 2. The van der Waals surface area contributed by atoms with Crippen molar-refractivity contribution < 1.29 is 18.0 Å². The Balaban J connectivity index is 2.08. The van der Waals surface area contributed by atoms with Crippen molar-refractivity contribution in [1.29, 1.82) is 0 Å². The minimum atomic E-state index is -4.43. The summed E-state index contributed by atoms with van der Waals surface area (Å²) in [6.45, 7) is 0. The van der Waals surface area contributed by atoms with Gasteiger partial charge in [0, 0.05) is 12.4 Å². The fraction of sp³-hybridized carbons (Fsp3) is 0.143. The van der Waals surface area contributed by atoms with Gasteiger partial charge in [-0.2, -0.15) is 13.2 Å². The molecule has 110 valence electrons. The largest absolute Gasteiger partial charge is 0.416 e. The molecule has 0 unspecified atom stereocenters. The number of benzene rings is 1. The van der Waals surface area contributed by atoms with E-state index in [4.69, 9.17) is 11.6 Å². The lowest BCUT2D eigenvalue weighted by Crippen LogP contribution is -2.15. The maximum atomic E-state index is 12.6. The van der Waals surface area contributed by atoms with Crippen LogP contribution in [0.5, 0.6) is 0 Å². The lowest BCUT2D eigenvalue weighted by Gasteiger charge is -2.09. The first-order valence-electron chi connectivity index (χ1n) is 5.92. The summed E-state index contributed by atoms with van der Waals surface area (Å²) in [4.78, 5) is 15.6. The van der Waals surface area contributed by atoms with E-state index in [0.717, 1.165) is 12.1 Å². The molecule has 0 bridgehead atoms. The Hall–Kier alpha value is -2.08. The van der Waals surface area contributed by atoms with Crippen molar-refractivity contribution in [2.45, 2.75) is 12.6 Å². The topological polar surface area (TPSA) is 42.0 Å². The second kappa shape index (κ2) is 6.13. The molecule has 1 amide bonds. The molecule has 2 aromatic rings. The molecule has 1 heterocycles. The number of nitrogens with zero attached hydrogens (tertiary/aromatic N) is 1. The first kappa shape index (κ1) is 15.3. The molecule has 2 rings (SSSR count). The van der Waals surface area contributed by atoms with Crippen LogP contribution in [-0.2, 0) is 17.4 Å². The molecule has 0 atom stereocenters. The molecule has 1 N–H and O–H groups in total. The molecule has 0 spiro atoms. The first-order valence-corrected chi connectivity index (χ1v) is 6.29. The van der Waals surface area contributed by atoms with Crippen molar-refractivity contribution >= 4 is 23.2 Å². The van der Waals surface area contributed by atoms with Crippen LogP contribution in [0.4, 0.5) is 18.9 Å². The van der Waals surface area contributed by atoms with Crippen LogP contribution in [0.3, 0.4) is 0 Å². The van der Waals surface area contributed by atoms with E-state index >= 15 is 0 Å². The summed E-state index contributed by atoms with van der Waals surface area (Å²) < 4.78 is 37.7. The Morgan fingerprint density at radius 2 is 2.05 bits per heavy atom. The van der Waals surface area contributed by atoms with Gasteiger partial charge in [0.05, 0.1) is 22.7 Å². The molecule has 0 aliphatic carbocycles. The molecule has 0 saturated carbocycles.